The van der Waals surface area contributed by atoms with Gasteiger partial charge in [-0.1, -0.05) is 19.1 Å². The monoisotopic (exact) mass is 193 g/mol. The summed E-state index contributed by atoms with van der Waals surface area (Å²) in [7, 11) is -1.47. The lowest BCUT2D eigenvalue weighted by Gasteiger charge is -2.04. The van der Waals surface area contributed by atoms with E-state index in [2.05, 4.69) is 5.32 Å². The topological polar surface area (TPSA) is 69.6 Å². The highest BCUT2D eigenvalue weighted by Gasteiger charge is 2.09. The van der Waals surface area contributed by atoms with E-state index in [0.29, 0.717) is 17.6 Å². The fraction of sp³-hybridized carbons (Fsp3) is 0.222. The molecule has 0 aromatic heterocycles. The summed E-state index contributed by atoms with van der Waals surface area (Å²) in [5.74, 6) is -0.0673. The van der Waals surface area contributed by atoms with Gasteiger partial charge in [0.1, 0.15) is 0 Å². The molecule has 0 aliphatic carbocycles. The van der Waals surface area contributed by atoms with Crippen molar-refractivity contribution >= 4 is 24.2 Å². The van der Waals surface area contributed by atoms with Crippen molar-refractivity contribution in [2.24, 2.45) is 0 Å². The van der Waals surface area contributed by atoms with E-state index in [-0.39, 0.29) is 5.91 Å². The average molecular weight is 193 g/mol. The van der Waals surface area contributed by atoms with Crippen LogP contribution in [0.5, 0.6) is 0 Å². The summed E-state index contributed by atoms with van der Waals surface area (Å²) in [6.07, 6.45) is 0.421. The van der Waals surface area contributed by atoms with E-state index in [9.17, 15) is 4.79 Å². The molecule has 1 aromatic carbocycles. The van der Waals surface area contributed by atoms with Crippen LogP contribution in [0, 0.1) is 0 Å². The van der Waals surface area contributed by atoms with Gasteiger partial charge in [-0.3, -0.25) is 4.79 Å². The number of amides is 1. The molecule has 0 aliphatic rings. The predicted octanol–water partition coefficient (Wildman–Crippen LogP) is -0.285. The Labute approximate surface area is 82.7 Å². The smallest absolute Gasteiger partial charge is 0.423 e. The van der Waals surface area contributed by atoms with E-state index in [0.717, 1.165) is 0 Å². The number of rotatable bonds is 3. The Balaban J connectivity index is 2.69. The number of carbonyl (C=O) groups is 1. The summed E-state index contributed by atoms with van der Waals surface area (Å²) in [6, 6.07) is 6.36. The minimum atomic E-state index is -1.47. The van der Waals surface area contributed by atoms with Crippen molar-refractivity contribution in [3.8, 4) is 0 Å². The van der Waals surface area contributed by atoms with Crippen LogP contribution in [0.4, 0.5) is 5.69 Å². The standard InChI is InChI=1S/C9H12BNO3/c1-2-9(12)11-8-5-3-7(4-6-8)10(13)14/h3-6,13-14H,2H2,1H3,(H,11,12). The molecule has 0 saturated carbocycles. The molecule has 0 heterocycles. The van der Waals surface area contributed by atoms with Crippen molar-refractivity contribution in [1.82, 2.24) is 0 Å². The molecule has 74 valence electrons. The molecule has 0 bridgehead atoms. The molecule has 3 N–H and O–H groups in total. The van der Waals surface area contributed by atoms with Crippen LogP contribution in [-0.2, 0) is 4.79 Å². The first-order valence-electron chi connectivity index (χ1n) is 4.39. The third-order valence-corrected chi connectivity index (χ3v) is 1.81. The lowest BCUT2D eigenvalue weighted by Crippen LogP contribution is -2.29. The van der Waals surface area contributed by atoms with E-state index >= 15 is 0 Å². The maximum Gasteiger partial charge on any atom is 0.488 e. The van der Waals surface area contributed by atoms with Gasteiger partial charge in [-0.25, -0.2) is 0 Å². The maximum absolute atomic E-state index is 11.0. The van der Waals surface area contributed by atoms with Crippen molar-refractivity contribution in [3.63, 3.8) is 0 Å². The number of hydrogen-bond donors (Lipinski definition) is 3. The van der Waals surface area contributed by atoms with E-state index < -0.39 is 7.12 Å². The minimum absolute atomic E-state index is 0.0673. The van der Waals surface area contributed by atoms with E-state index in [1.54, 1.807) is 31.2 Å². The zero-order valence-electron chi connectivity index (χ0n) is 7.90. The normalized spacial score (nSPS) is 9.64. The van der Waals surface area contributed by atoms with Crippen molar-refractivity contribution in [3.05, 3.63) is 24.3 Å². The first-order valence-corrected chi connectivity index (χ1v) is 4.39. The van der Waals surface area contributed by atoms with Gasteiger partial charge in [-0.15, -0.1) is 0 Å². The Kier molecular flexibility index (Phi) is 3.68. The van der Waals surface area contributed by atoms with Gasteiger partial charge in [0, 0.05) is 12.1 Å². The van der Waals surface area contributed by atoms with E-state index in [4.69, 9.17) is 10.0 Å². The molecular weight excluding hydrogens is 181 g/mol. The molecular formula is C9H12BNO3. The highest BCUT2D eigenvalue weighted by Crippen LogP contribution is 2.04. The van der Waals surface area contributed by atoms with E-state index in [1.807, 2.05) is 0 Å². The third kappa shape index (κ3) is 2.87. The van der Waals surface area contributed by atoms with Crippen molar-refractivity contribution in [2.45, 2.75) is 13.3 Å². The molecule has 14 heavy (non-hydrogen) atoms. The van der Waals surface area contributed by atoms with Gasteiger partial charge in [0.05, 0.1) is 0 Å². The van der Waals surface area contributed by atoms with Gasteiger partial charge in [-0.2, -0.15) is 0 Å². The predicted molar refractivity (Wildman–Crippen MR) is 55.2 cm³/mol. The first kappa shape index (κ1) is 10.8. The SMILES string of the molecule is CCC(=O)Nc1ccc(B(O)O)cc1. The Bertz CT molecular complexity index is 310. The molecule has 0 aliphatic heterocycles. The Hall–Kier alpha value is -1.33. The molecule has 0 atom stereocenters. The van der Waals surface area contributed by atoms with Crippen molar-refractivity contribution in [1.29, 1.82) is 0 Å². The number of anilines is 1. The molecule has 0 fully saturated rings. The van der Waals surface area contributed by atoms with Gasteiger partial charge in [0.25, 0.3) is 0 Å². The zero-order chi connectivity index (χ0) is 10.6. The van der Waals surface area contributed by atoms with Crippen LogP contribution < -0.4 is 10.8 Å². The molecule has 0 saturated heterocycles. The van der Waals surface area contributed by atoms with Crippen LogP contribution in [0.25, 0.3) is 0 Å². The molecule has 0 spiro atoms. The fourth-order valence-electron chi connectivity index (χ4n) is 0.988. The summed E-state index contributed by atoms with van der Waals surface area (Å²) in [5.41, 5.74) is 1.06. The fourth-order valence-corrected chi connectivity index (χ4v) is 0.988. The quantitative estimate of drug-likeness (QED) is 0.578. The van der Waals surface area contributed by atoms with Gasteiger partial charge in [-0.05, 0) is 17.6 Å². The van der Waals surface area contributed by atoms with Gasteiger partial charge in [0.15, 0.2) is 0 Å². The Morgan fingerprint density at radius 2 is 1.93 bits per heavy atom. The summed E-state index contributed by atoms with van der Waals surface area (Å²) in [6.45, 7) is 1.77. The first-order chi connectivity index (χ1) is 6.63. The highest BCUT2D eigenvalue weighted by atomic mass is 16.4. The van der Waals surface area contributed by atoms with E-state index in [1.165, 1.54) is 0 Å². The summed E-state index contributed by atoms with van der Waals surface area (Å²) in [4.78, 5) is 11.0. The number of benzene rings is 1. The zero-order valence-corrected chi connectivity index (χ0v) is 7.90. The largest absolute Gasteiger partial charge is 0.488 e. The number of nitrogens with one attached hydrogen (secondary N) is 1. The molecule has 1 rings (SSSR count). The molecule has 5 heteroatoms. The average Bonchev–Trinajstić information content (AvgIpc) is 2.18. The van der Waals surface area contributed by atoms with Crippen molar-refractivity contribution < 1.29 is 14.8 Å². The van der Waals surface area contributed by atoms with Gasteiger partial charge < -0.3 is 15.4 Å². The Morgan fingerprint density at radius 1 is 1.36 bits per heavy atom. The van der Waals surface area contributed by atoms with Crippen LogP contribution in [0.15, 0.2) is 24.3 Å². The maximum atomic E-state index is 11.0. The minimum Gasteiger partial charge on any atom is -0.423 e. The number of hydrogen-bond acceptors (Lipinski definition) is 3. The van der Waals surface area contributed by atoms with Crippen molar-refractivity contribution in [2.75, 3.05) is 5.32 Å². The molecule has 1 amide bonds. The second-order valence-electron chi connectivity index (χ2n) is 2.90. The van der Waals surface area contributed by atoms with Gasteiger partial charge in [0.2, 0.25) is 5.91 Å². The van der Waals surface area contributed by atoms with Crippen LogP contribution in [0.2, 0.25) is 0 Å². The second-order valence-corrected chi connectivity index (χ2v) is 2.90. The molecule has 0 unspecified atom stereocenters. The van der Waals surface area contributed by atoms with Crippen LogP contribution in [0.3, 0.4) is 0 Å². The molecule has 1 aromatic rings. The second kappa shape index (κ2) is 4.78. The molecule has 4 nitrogen and oxygen atoms in total. The summed E-state index contributed by atoms with van der Waals surface area (Å²) < 4.78 is 0. The lowest BCUT2D eigenvalue weighted by atomic mass is 9.80. The summed E-state index contributed by atoms with van der Waals surface area (Å²) in [5, 5.41) is 20.3. The van der Waals surface area contributed by atoms with Gasteiger partial charge >= 0.3 is 7.12 Å². The highest BCUT2D eigenvalue weighted by molar-refractivity contribution is 6.58. The van der Waals surface area contributed by atoms with Crippen LogP contribution in [-0.4, -0.2) is 23.1 Å². The third-order valence-electron chi connectivity index (χ3n) is 1.81. The number of carbonyl (C=O) groups excluding carboxylic acids is 1. The molecule has 0 radical (unpaired) electrons. The summed E-state index contributed by atoms with van der Waals surface area (Å²) >= 11 is 0. The lowest BCUT2D eigenvalue weighted by molar-refractivity contribution is -0.115. The Morgan fingerprint density at radius 3 is 2.36 bits per heavy atom. The van der Waals surface area contributed by atoms with Crippen LogP contribution >= 0.6 is 0 Å². The van der Waals surface area contributed by atoms with Crippen LogP contribution in [0.1, 0.15) is 13.3 Å².